The van der Waals surface area contributed by atoms with Crippen LogP contribution < -0.4 is 0 Å². The van der Waals surface area contributed by atoms with Gasteiger partial charge in [-0.25, -0.2) is 0 Å². The van der Waals surface area contributed by atoms with Crippen LogP contribution in [0.25, 0.3) is 0 Å². The standard InChI is InChI=1S/C7H14OS/c1-2-3-5-8-6-4-7-9/h2-3,9H,4-7H2,1H3. The molecule has 0 unspecified atom stereocenters. The van der Waals surface area contributed by atoms with Gasteiger partial charge < -0.3 is 4.74 Å². The summed E-state index contributed by atoms with van der Waals surface area (Å²) in [6.45, 7) is 3.56. The maximum absolute atomic E-state index is 5.18. The molecule has 2 heteroatoms. The molecule has 54 valence electrons. The molecule has 0 amide bonds. The smallest absolute Gasteiger partial charge is 0.0647 e. The number of rotatable bonds is 5. The van der Waals surface area contributed by atoms with Crippen molar-refractivity contribution in [3.8, 4) is 0 Å². The van der Waals surface area contributed by atoms with Crippen molar-refractivity contribution in [1.82, 2.24) is 0 Å². The van der Waals surface area contributed by atoms with E-state index in [2.05, 4.69) is 12.6 Å². The lowest BCUT2D eigenvalue weighted by molar-refractivity contribution is 0.164. The van der Waals surface area contributed by atoms with Crippen LogP contribution in [0.4, 0.5) is 0 Å². The predicted octanol–water partition coefficient (Wildman–Crippen LogP) is 1.90. The summed E-state index contributed by atoms with van der Waals surface area (Å²) in [5.74, 6) is 0.913. The second-order valence-electron chi connectivity index (χ2n) is 1.72. The van der Waals surface area contributed by atoms with Crippen molar-refractivity contribution < 1.29 is 4.74 Å². The molecule has 0 aliphatic heterocycles. The van der Waals surface area contributed by atoms with Gasteiger partial charge in [-0.2, -0.15) is 12.6 Å². The van der Waals surface area contributed by atoms with Crippen LogP contribution in [0.2, 0.25) is 0 Å². The van der Waals surface area contributed by atoms with E-state index >= 15 is 0 Å². The molecule has 0 aromatic carbocycles. The highest BCUT2D eigenvalue weighted by molar-refractivity contribution is 7.80. The van der Waals surface area contributed by atoms with Crippen LogP contribution in [0.3, 0.4) is 0 Å². The van der Waals surface area contributed by atoms with Crippen molar-refractivity contribution in [2.75, 3.05) is 19.0 Å². The fraction of sp³-hybridized carbons (Fsp3) is 0.714. The van der Waals surface area contributed by atoms with Crippen molar-refractivity contribution in [3.05, 3.63) is 12.2 Å². The lowest BCUT2D eigenvalue weighted by atomic mass is 10.5. The van der Waals surface area contributed by atoms with E-state index < -0.39 is 0 Å². The normalized spacial score (nSPS) is 10.9. The Morgan fingerprint density at radius 1 is 1.56 bits per heavy atom. The van der Waals surface area contributed by atoms with Crippen molar-refractivity contribution >= 4 is 12.6 Å². The Labute approximate surface area is 62.5 Å². The van der Waals surface area contributed by atoms with Gasteiger partial charge in [0, 0.05) is 6.61 Å². The Morgan fingerprint density at radius 3 is 2.89 bits per heavy atom. The largest absolute Gasteiger partial charge is 0.377 e. The third-order valence-electron chi connectivity index (χ3n) is 0.897. The van der Waals surface area contributed by atoms with Crippen molar-refractivity contribution in [3.63, 3.8) is 0 Å². The maximum Gasteiger partial charge on any atom is 0.0647 e. The summed E-state index contributed by atoms with van der Waals surface area (Å²) < 4.78 is 5.18. The van der Waals surface area contributed by atoms with Gasteiger partial charge in [0.05, 0.1) is 6.61 Å². The number of hydrogen-bond acceptors (Lipinski definition) is 2. The van der Waals surface area contributed by atoms with E-state index in [4.69, 9.17) is 4.74 Å². The number of thiol groups is 1. The number of ether oxygens (including phenoxy) is 1. The minimum absolute atomic E-state index is 0.740. The summed E-state index contributed by atoms with van der Waals surface area (Å²) in [5, 5.41) is 0. The minimum Gasteiger partial charge on any atom is -0.377 e. The SMILES string of the molecule is CC=CCOCCCS. The molecule has 0 rings (SSSR count). The summed E-state index contributed by atoms with van der Waals surface area (Å²) in [6.07, 6.45) is 5.03. The van der Waals surface area contributed by atoms with E-state index in [-0.39, 0.29) is 0 Å². The van der Waals surface area contributed by atoms with Gasteiger partial charge in [0.2, 0.25) is 0 Å². The van der Waals surface area contributed by atoms with Crippen LogP contribution in [0, 0.1) is 0 Å². The summed E-state index contributed by atoms with van der Waals surface area (Å²) >= 11 is 4.05. The lowest BCUT2D eigenvalue weighted by Crippen LogP contribution is -1.94. The zero-order valence-corrected chi connectivity index (χ0v) is 6.73. The average molecular weight is 146 g/mol. The van der Waals surface area contributed by atoms with Gasteiger partial charge in [-0.1, -0.05) is 12.2 Å². The zero-order valence-electron chi connectivity index (χ0n) is 5.84. The van der Waals surface area contributed by atoms with Crippen molar-refractivity contribution in [1.29, 1.82) is 0 Å². The molecule has 0 aliphatic rings. The van der Waals surface area contributed by atoms with Crippen LogP contribution in [0.5, 0.6) is 0 Å². The maximum atomic E-state index is 5.18. The van der Waals surface area contributed by atoms with Gasteiger partial charge in [0.1, 0.15) is 0 Å². The fourth-order valence-corrected chi connectivity index (χ4v) is 0.543. The second-order valence-corrected chi connectivity index (χ2v) is 2.17. The summed E-state index contributed by atoms with van der Waals surface area (Å²) in [5.41, 5.74) is 0. The van der Waals surface area contributed by atoms with E-state index in [0.717, 1.165) is 25.4 Å². The molecule has 0 atom stereocenters. The molecular formula is C7H14OS. The third kappa shape index (κ3) is 8.05. The van der Waals surface area contributed by atoms with E-state index in [0.29, 0.717) is 0 Å². The molecule has 0 saturated carbocycles. The first-order valence-corrected chi connectivity index (χ1v) is 3.84. The Hall–Kier alpha value is 0.0500. The van der Waals surface area contributed by atoms with E-state index in [1.165, 1.54) is 0 Å². The highest BCUT2D eigenvalue weighted by atomic mass is 32.1. The van der Waals surface area contributed by atoms with E-state index in [1.807, 2.05) is 19.1 Å². The van der Waals surface area contributed by atoms with E-state index in [9.17, 15) is 0 Å². The highest BCUT2D eigenvalue weighted by Crippen LogP contribution is 1.85. The second kappa shape index (κ2) is 8.05. The molecule has 1 nitrogen and oxygen atoms in total. The molecule has 9 heavy (non-hydrogen) atoms. The summed E-state index contributed by atoms with van der Waals surface area (Å²) in [6, 6.07) is 0. The van der Waals surface area contributed by atoms with E-state index in [1.54, 1.807) is 0 Å². The first-order chi connectivity index (χ1) is 4.41. The van der Waals surface area contributed by atoms with Crippen LogP contribution in [0.15, 0.2) is 12.2 Å². The zero-order chi connectivity index (χ0) is 6.95. The van der Waals surface area contributed by atoms with Gasteiger partial charge in [0.15, 0.2) is 0 Å². The molecule has 0 aromatic heterocycles. The first-order valence-electron chi connectivity index (χ1n) is 3.21. The van der Waals surface area contributed by atoms with Gasteiger partial charge >= 0.3 is 0 Å². The average Bonchev–Trinajstić information content (AvgIpc) is 1.89. The van der Waals surface area contributed by atoms with Gasteiger partial charge in [-0.05, 0) is 19.1 Å². The summed E-state index contributed by atoms with van der Waals surface area (Å²) in [4.78, 5) is 0. The fourth-order valence-electron chi connectivity index (χ4n) is 0.414. The Morgan fingerprint density at radius 2 is 2.33 bits per heavy atom. The Bertz CT molecular complexity index is 71.3. The molecule has 0 radical (unpaired) electrons. The topological polar surface area (TPSA) is 9.23 Å². The summed E-state index contributed by atoms with van der Waals surface area (Å²) in [7, 11) is 0. The third-order valence-corrected chi connectivity index (χ3v) is 1.21. The number of hydrogen-bond donors (Lipinski definition) is 1. The van der Waals surface area contributed by atoms with Crippen LogP contribution in [-0.4, -0.2) is 19.0 Å². The molecule has 0 saturated heterocycles. The highest BCUT2D eigenvalue weighted by Gasteiger charge is 1.81. The van der Waals surface area contributed by atoms with Gasteiger partial charge in [-0.15, -0.1) is 0 Å². The molecule has 0 aliphatic carbocycles. The van der Waals surface area contributed by atoms with Crippen molar-refractivity contribution in [2.24, 2.45) is 0 Å². The molecule has 0 spiro atoms. The van der Waals surface area contributed by atoms with Gasteiger partial charge in [0.25, 0.3) is 0 Å². The molecule has 0 fully saturated rings. The molecule has 0 heterocycles. The Kier molecular flexibility index (Phi) is 8.09. The number of allylic oxidation sites excluding steroid dienone is 1. The monoisotopic (exact) mass is 146 g/mol. The van der Waals surface area contributed by atoms with Crippen LogP contribution in [0.1, 0.15) is 13.3 Å². The first kappa shape index (κ1) is 9.05. The molecule has 0 bridgehead atoms. The molecular weight excluding hydrogens is 132 g/mol. The minimum atomic E-state index is 0.740. The van der Waals surface area contributed by atoms with Crippen molar-refractivity contribution in [2.45, 2.75) is 13.3 Å². The Balaban J connectivity index is 2.75. The van der Waals surface area contributed by atoms with Gasteiger partial charge in [-0.3, -0.25) is 0 Å². The molecule has 0 aromatic rings. The van der Waals surface area contributed by atoms with Crippen LogP contribution in [-0.2, 0) is 4.74 Å². The lowest BCUT2D eigenvalue weighted by Gasteiger charge is -1.96. The molecule has 0 N–H and O–H groups in total. The quantitative estimate of drug-likeness (QED) is 0.354. The predicted molar refractivity (Wildman–Crippen MR) is 44.1 cm³/mol. The van der Waals surface area contributed by atoms with Crippen LogP contribution >= 0.6 is 12.6 Å².